The van der Waals surface area contributed by atoms with Crippen LogP contribution < -0.4 is 5.73 Å². The molecule has 25 heavy (non-hydrogen) atoms. The number of amidine groups is 1. The van der Waals surface area contributed by atoms with Crippen molar-refractivity contribution in [3.05, 3.63) is 41.2 Å². The lowest BCUT2D eigenvalue weighted by Crippen LogP contribution is -2.24. The van der Waals surface area contributed by atoms with Gasteiger partial charge in [-0.3, -0.25) is 10.2 Å². The second-order valence-electron chi connectivity index (χ2n) is 6.42. The Balaban J connectivity index is 2.40. The van der Waals surface area contributed by atoms with Gasteiger partial charge in [-0.1, -0.05) is 11.2 Å². The van der Waals surface area contributed by atoms with Gasteiger partial charge in [-0.15, -0.1) is 0 Å². The summed E-state index contributed by atoms with van der Waals surface area (Å²) in [6.45, 7) is 5.26. The van der Waals surface area contributed by atoms with Gasteiger partial charge in [0.1, 0.15) is 29.3 Å². The van der Waals surface area contributed by atoms with Crippen LogP contribution in [0.25, 0.3) is 11.3 Å². The summed E-state index contributed by atoms with van der Waals surface area (Å²) in [7, 11) is 0. The molecule has 0 aliphatic carbocycles. The second kappa shape index (κ2) is 6.76. The number of hydrogen-bond donors (Lipinski definition) is 3. The molecule has 0 atom stereocenters. The molecule has 132 valence electrons. The summed E-state index contributed by atoms with van der Waals surface area (Å²) in [5, 5.41) is 20.3. The van der Waals surface area contributed by atoms with Crippen LogP contribution in [0.4, 0.5) is 0 Å². The predicted molar refractivity (Wildman–Crippen MR) is 89.5 cm³/mol. The van der Waals surface area contributed by atoms with Crippen molar-refractivity contribution in [2.45, 2.75) is 32.8 Å². The van der Waals surface area contributed by atoms with E-state index in [4.69, 9.17) is 25.5 Å². The summed E-state index contributed by atoms with van der Waals surface area (Å²) in [6, 6.07) is 6.00. The normalized spacial score (nSPS) is 11.2. The number of nitrogens with two attached hydrogens (primary N) is 1. The number of aliphatic carboxylic acids is 1. The van der Waals surface area contributed by atoms with E-state index in [2.05, 4.69) is 5.16 Å². The summed E-state index contributed by atoms with van der Waals surface area (Å²) in [5.41, 5.74) is 6.28. The SMILES string of the molecule is CC(C)(C)OC(=O)c1ccc(-c2cc(CC(=O)O)on2)c(C(=N)N)c1. The lowest BCUT2D eigenvalue weighted by Gasteiger charge is -2.19. The third-order valence-corrected chi connectivity index (χ3v) is 3.10. The number of ether oxygens (including phenoxy) is 1. The van der Waals surface area contributed by atoms with E-state index in [-0.39, 0.29) is 29.1 Å². The first kappa shape index (κ1) is 18.2. The van der Waals surface area contributed by atoms with Crippen LogP contribution in [0, 0.1) is 5.41 Å². The Labute approximate surface area is 144 Å². The highest BCUT2D eigenvalue weighted by molar-refractivity contribution is 6.03. The summed E-state index contributed by atoms with van der Waals surface area (Å²) in [4.78, 5) is 22.9. The molecule has 0 saturated carbocycles. The molecule has 2 aromatic rings. The fourth-order valence-corrected chi connectivity index (χ4v) is 2.13. The van der Waals surface area contributed by atoms with E-state index in [1.807, 2.05) is 0 Å². The van der Waals surface area contributed by atoms with Crippen molar-refractivity contribution in [2.24, 2.45) is 5.73 Å². The molecule has 0 spiro atoms. The van der Waals surface area contributed by atoms with Crippen LogP contribution in [0.15, 0.2) is 28.8 Å². The van der Waals surface area contributed by atoms with Gasteiger partial charge in [0.15, 0.2) is 0 Å². The maximum absolute atomic E-state index is 12.2. The van der Waals surface area contributed by atoms with E-state index in [1.54, 1.807) is 26.8 Å². The molecule has 2 rings (SSSR count). The average Bonchev–Trinajstić information content (AvgIpc) is 2.92. The zero-order valence-electron chi connectivity index (χ0n) is 14.1. The number of nitrogen functional groups attached to an aromatic ring is 1. The van der Waals surface area contributed by atoms with E-state index in [0.717, 1.165) is 0 Å². The number of nitrogens with one attached hydrogen (secondary N) is 1. The van der Waals surface area contributed by atoms with Crippen molar-refractivity contribution in [3.63, 3.8) is 0 Å². The maximum atomic E-state index is 12.2. The van der Waals surface area contributed by atoms with Gasteiger partial charge in [-0.25, -0.2) is 4.79 Å². The van der Waals surface area contributed by atoms with Crippen LogP contribution in [0.1, 0.15) is 42.5 Å². The van der Waals surface area contributed by atoms with Gasteiger partial charge in [0.05, 0.1) is 5.56 Å². The lowest BCUT2D eigenvalue weighted by atomic mass is 10.00. The smallest absolute Gasteiger partial charge is 0.338 e. The third kappa shape index (κ3) is 4.66. The molecule has 8 heteroatoms. The molecule has 8 nitrogen and oxygen atoms in total. The van der Waals surface area contributed by atoms with Gasteiger partial charge in [0.2, 0.25) is 0 Å². The zero-order chi connectivity index (χ0) is 18.8. The molecule has 1 aromatic heterocycles. The standard InChI is InChI=1S/C17H19N3O5/c1-17(2,3)24-16(23)9-4-5-11(12(6-9)15(18)19)13-7-10(25-20-13)8-14(21)22/h4-7H,8H2,1-3H3,(H3,18,19)(H,21,22). The van der Waals surface area contributed by atoms with Crippen LogP contribution in [0.5, 0.6) is 0 Å². The van der Waals surface area contributed by atoms with Crippen LogP contribution >= 0.6 is 0 Å². The summed E-state index contributed by atoms with van der Waals surface area (Å²) in [6.07, 6.45) is -0.307. The fraction of sp³-hybridized carbons (Fsp3) is 0.294. The minimum absolute atomic E-state index is 0.174. The maximum Gasteiger partial charge on any atom is 0.338 e. The Bertz CT molecular complexity index is 833. The number of benzene rings is 1. The van der Waals surface area contributed by atoms with Gasteiger partial charge in [0.25, 0.3) is 0 Å². The molecule has 0 aliphatic rings. The van der Waals surface area contributed by atoms with Gasteiger partial charge in [0, 0.05) is 17.2 Å². The first-order valence-corrected chi connectivity index (χ1v) is 7.46. The van der Waals surface area contributed by atoms with E-state index < -0.39 is 17.5 Å². The number of carboxylic acids is 1. The summed E-state index contributed by atoms with van der Waals surface area (Å²) < 4.78 is 10.3. The number of carboxylic acid groups (broad SMARTS) is 1. The summed E-state index contributed by atoms with van der Waals surface area (Å²) in [5.74, 6) is -1.67. The highest BCUT2D eigenvalue weighted by atomic mass is 16.6. The Morgan fingerprint density at radius 1 is 1.32 bits per heavy atom. The molecule has 0 fully saturated rings. The predicted octanol–water partition coefficient (Wildman–Crippen LogP) is 2.21. The number of esters is 1. The van der Waals surface area contributed by atoms with Crippen LogP contribution in [-0.4, -0.2) is 33.6 Å². The fourth-order valence-electron chi connectivity index (χ4n) is 2.13. The van der Waals surface area contributed by atoms with Crippen molar-refractivity contribution in [1.82, 2.24) is 5.16 Å². The topological polar surface area (TPSA) is 140 Å². The molecule has 4 N–H and O–H groups in total. The van der Waals surface area contributed by atoms with E-state index >= 15 is 0 Å². The average molecular weight is 345 g/mol. The van der Waals surface area contributed by atoms with Crippen molar-refractivity contribution >= 4 is 17.8 Å². The Hall–Kier alpha value is -3.16. The molecular weight excluding hydrogens is 326 g/mol. The molecule has 0 radical (unpaired) electrons. The van der Waals surface area contributed by atoms with Crippen LogP contribution in [0.3, 0.4) is 0 Å². The number of hydrogen-bond acceptors (Lipinski definition) is 6. The van der Waals surface area contributed by atoms with Crippen molar-refractivity contribution < 1.29 is 24.0 Å². The van der Waals surface area contributed by atoms with Crippen molar-refractivity contribution in [2.75, 3.05) is 0 Å². The van der Waals surface area contributed by atoms with E-state index in [9.17, 15) is 9.59 Å². The Morgan fingerprint density at radius 3 is 2.56 bits per heavy atom. The third-order valence-electron chi connectivity index (χ3n) is 3.10. The van der Waals surface area contributed by atoms with Gasteiger partial charge >= 0.3 is 11.9 Å². The second-order valence-corrected chi connectivity index (χ2v) is 6.42. The number of nitrogens with zero attached hydrogens (tertiary/aromatic N) is 1. The first-order chi connectivity index (χ1) is 11.6. The van der Waals surface area contributed by atoms with Gasteiger partial charge in [-0.05, 0) is 32.9 Å². The van der Waals surface area contributed by atoms with Gasteiger partial charge in [-0.2, -0.15) is 0 Å². The lowest BCUT2D eigenvalue weighted by molar-refractivity contribution is -0.136. The quantitative estimate of drug-likeness (QED) is 0.429. The molecule has 0 amide bonds. The van der Waals surface area contributed by atoms with E-state index in [0.29, 0.717) is 11.3 Å². The summed E-state index contributed by atoms with van der Waals surface area (Å²) >= 11 is 0. The molecule has 1 aromatic carbocycles. The number of rotatable bonds is 5. The van der Waals surface area contributed by atoms with Crippen LogP contribution in [0.2, 0.25) is 0 Å². The highest BCUT2D eigenvalue weighted by Crippen LogP contribution is 2.25. The number of carbonyl (C=O) groups is 2. The molecular formula is C17H19N3O5. The molecule has 0 bridgehead atoms. The molecule has 0 saturated heterocycles. The Kier molecular flexibility index (Phi) is 4.92. The Morgan fingerprint density at radius 2 is 2.00 bits per heavy atom. The van der Waals surface area contributed by atoms with Crippen molar-refractivity contribution in [1.29, 1.82) is 5.41 Å². The van der Waals surface area contributed by atoms with Gasteiger partial charge < -0.3 is 20.1 Å². The van der Waals surface area contributed by atoms with E-state index in [1.165, 1.54) is 18.2 Å². The largest absolute Gasteiger partial charge is 0.481 e. The number of aromatic nitrogens is 1. The first-order valence-electron chi connectivity index (χ1n) is 7.46. The monoisotopic (exact) mass is 345 g/mol. The highest BCUT2D eigenvalue weighted by Gasteiger charge is 2.21. The minimum atomic E-state index is -1.05. The number of carbonyl (C=O) groups excluding carboxylic acids is 1. The minimum Gasteiger partial charge on any atom is -0.481 e. The van der Waals surface area contributed by atoms with Crippen molar-refractivity contribution in [3.8, 4) is 11.3 Å². The zero-order valence-corrected chi connectivity index (χ0v) is 14.1. The molecule has 0 unspecified atom stereocenters. The molecule has 1 heterocycles. The molecule has 0 aliphatic heterocycles. The van der Waals surface area contributed by atoms with Crippen LogP contribution in [-0.2, 0) is 16.0 Å².